The third kappa shape index (κ3) is 12.8. The van der Waals surface area contributed by atoms with Crippen LogP contribution in [-0.4, -0.2) is 170 Å². The van der Waals surface area contributed by atoms with Crippen LogP contribution < -0.4 is 5.56 Å². The number of carbonyl (C=O) groups is 1. The number of aromatic nitrogens is 1. The maximum atomic E-state index is 14.4. The highest BCUT2D eigenvalue weighted by Crippen LogP contribution is 2.40. The van der Waals surface area contributed by atoms with Crippen molar-refractivity contribution in [1.82, 2.24) is 14.4 Å². The standard InChI is InChI=1S/C52H81N3O13/c1-15-40-52(11,62)45(58)35(7)54(13)28-31(3)26-50(9,61)47(33(5)44(34(6)48(60)66-40)67-42-27-51(10,63-14)46(59)36(8)65-42)68-49-43(57)39(25-32(4)64-49)53(12)24-16-17-37-19-21-38(22-20-37)55-29-30(2)18-23-41(55)56/h18-23,29,31-36,39-40,42-47,49,57-59,61-62H,15,24-28H2,1-14H3/t31-,32-,33+,34-,35-,36+,39+,40-,42+,43-,44+,45-,46+,47-,49+,50-,51-,52-/m1/s1. The van der Waals surface area contributed by atoms with Crippen LogP contribution in [0.25, 0.3) is 5.69 Å². The highest BCUT2D eigenvalue weighted by Gasteiger charge is 2.53. The van der Waals surface area contributed by atoms with E-state index in [0.29, 0.717) is 19.5 Å². The number of aliphatic hydroxyl groups excluding tert-OH is 3. The van der Waals surface area contributed by atoms with Gasteiger partial charge in [-0.15, -0.1) is 0 Å². The van der Waals surface area contributed by atoms with Crippen molar-refractivity contribution in [2.75, 3.05) is 34.3 Å². The first-order chi connectivity index (χ1) is 31.7. The third-order valence-electron chi connectivity index (χ3n) is 14.9. The minimum Gasteiger partial charge on any atom is -0.459 e. The number of rotatable bonds is 9. The van der Waals surface area contributed by atoms with E-state index in [1.165, 1.54) is 20.1 Å². The van der Waals surface area contributed by atoms with Crippen LogP contribution >= 0.6 is 0 Å². The number of aliphatic hydroxyl groups is 5. The number of hydrogen-bond donors (Lipinski definition) is 5. The molecule has 16 nitrogen and oxygen atoms in total. The molecule has 16 heteroatoms. The molecule has 1 aromatic heterocycles. The maximum absolute atomic E-state index is 14.4. The van der Waals surface area contributed by atoms with Gasteiger partial charge in [0.1, 0.15) is 30.0 Å². The summed E-state index contributed by atoms with van der Waals surface area (Å²) in [6.07, 6.45) is -7.38. The van der Waals surface area contributed by atoms with Crippen molar-refractivity contribution in [3.63, 3.8) is 0 Å². The molecule has 5 N–H and O–H groups in total. The molecule has 18 atom stereocenters. The quantitative estimate of drug-likeness (QED) is 0.180. The highest BCUT2D eigenvalue weighted by atomic mass is 16.7. The van der Waals surface area contributed by atoms with E-state index in [1.807, 2.05) is 75.9 Å². The molecule has 0 unspecified atom stereocenters. The van der Waals surface area contributed by atoms with E-state index < -0.39 is 102 Å². The van der Waals surface area contributed by atoms with E-state index in [2.05, 4.69) is 11.8 Å². The van der Waals surface area contributed by atoms with E-state index in [4.69, 9.17) is 28.4 Å². The van der Waals surface area contributed by atoms with Crippen LogP contribution in [0.15, 0.2) is 47.4 Å². The lowest BCUT2D eigenvalue weighted by Gasteiger charge is -2.49. The number of aryl methyl sites for hydroxylation is 1. The van der Waals surface area contributed by atoms with E-state index >= 15 is 0 Å². The topological polar surface area (TPSA) is 202 Å². The minimum atomic E-state index is -1.84. The Hall–Kier alpha value is -3.28. The summed E-state index contributed by atoms with van der Waals surface area (Å²) < 4.78 is 39.8. The van der Waals surface area contributed by atoms with Gasteiger partial charge < -0.3 is 58.9 Å². The van der Waals surface area contributed by atoms with Crippen molar-refractivity contribution in [2.45, 2.75) is 192 Å². The average molecular weight is 956 g/mol. The van der Waals surface area contributed by atoms with Crippen molar-refractivity contribution >= 4 is 5.97 Å². The number of benzene rings is 1. The first-order valence-electron chi connectivity index (χ1n) is 24.3. The molecule has 0 bridgehead atoms. The molecule has 0 saturated carbocycles. The summed E-state index contributed by atoms with van der Waals surface area (Å²) in [5.74, 6) is 3.62. The molecule has 3 saturated heterocycles. The molecule has 0 aliphatic carbocycles. The van der Waals surface area contributed by atoms with Gasteiger partial charge in [0.25, 0.3) is 5.56 Å². The zero-order valence-electron chi connectivity index (χ0n) is 42.8. The number of esters is 1. The fourth-order valence-corrected chi connectivity index (χ4v) is 10.5. The van der Waals surface area contributed by atoms with E-state index in [-0.39, 0.29) is 36.8 Å². The average Bonchev–Trinajstić information content (AvgIpc) is 3.28. The number of ether oxygens (including phenoxy) is 6. The number of carbonyl (C=O) groups excluding carboxylic acids is 1. The van der Waals surface area contributed by atoms with Gasteiger partial charge in [-0.25, -0.2) is 0 Å². The van der Waals surface area contributed by atoms with Gasteiger partial charge >= 0.3 is 5.97 Å². The Kier molecular flexibility index (Phi) is 18.7. The summed E-state index contributed by atoms with van der Waals surface area (Å²) in [6.45, 7) is 20.1. The summed E-state index contributed by atoms with van der Waals surface area (Å²) in [4.78, 5) is 30.8. The molecular weight excluding hydrogens is 875 g/mol. The Bertz CT molecular complexity index is 2090. The van der Waals surface area contributed by atoms with Gasteiger partial charge in [-0.2, -0.15) is 0 Å². The molecule has 0 radical (unpaired) electrons. The number of hydrogen-bond acceptors (Lipinski definition) is 15. The number of cyclic esters (lactones) is 1. The van der Waals surface area contributed by atoms with Crippen molar-refractivity contribution < 1.29 is 58.7 Å². The van der Waals surface area contributed by atoms with Gasteiger partial charge in [-0.3, -0.25) is 19.1 Å². The van der Waals surface area contributed by atoms with Gasteiger partial charge in [-0.1, -0.05) is 38.7 Å². The lowest BCUT2D eigenvalue weighted by Crippen LogP contribution is -2.60. The summed E-state index contributed by atoms with van der Waals surface area (Å²) in [5, 5.41) is 59.5. The van der Waals surface area contributed by atoms with Crippen LogP contribution in [0.4, 0.5) is 0 Å². The van der Waals surface area contributed by atoms with Gasteiger partial charge in [0.15, 0.2) is 12.6 Å². The smallest absolute Gasteiger partial charge is 0.311 e. The van der Waals surface area contributed by atoms with Gasteiger partial charge in [0, 0.05) is 61.6 Å². The lowest BCUT2D eigenvalue weighted by molar-refractivity contribution is -0.318. The summed E-state index contributed by atoms with van der Waals surface area (Å²) in [6, 6.07) is 9.70. The number of pyridine rings is 1. The Morgan fingerprint density at radius 1 is 0.912 bits per heavy atom. The van der Waals surface area contributed by atoms with Crippen molar-refractivity contribution in [1.29, 1.82) is 0 Å². The Morgan fingerprint density at radius 2 is 1.57 bits per heavy atom. The summed E-state index contributed by atoms with van der Waals surface area (Å²) >= 11 is 0. The fraction of sp³-hybridized carbons (Fsp3) is 0.731. The SMILES string of the molecule is CC[C@H]1OC(=O)[C@H](C)[C@@H](O[C@H]2C[C@@](C)(OC)[C@@H](O)[C@H](C)O2)[C@H](C)[C@@H](O[C@@H]2O[C@H](C)C[C@H](N(C)CC#Cc3ccc(-n4cc(C)ccc4=O)cc3)[C@H]2O)[C@](C)(O)C[C@@H](C)CN(C)[C@H](C)[C@@H](O)[C@]1(C)O. The first kappa shape index (κ1) is 55.6. The predicted molar refractivity (Wildman–Crippen MR) is 257 cm³/mol. The Balaban J connectivity index is 1.47. The second kappa shape index (κ2) is 22.9. The molecule has 3 fully saturated rings. The molecule has 382 valence electrons. The van der Waals surface area contributed by atoms with Crippen LogP contribution in [0.2, 0.25) is 0 Å². The normalized spacial score (nSPS) is 40.4. The number of likely N-dealkylation sites (N-methyl/N-ethyl adjacent to an activating group) is 2. The zero-order chi connectivity index (χ0) is 50.6. The maximum Gasteiger partial charge on any atom is 0.311 e. The Morgan fingerprint density at radius 3 is 2.21 bits per heavy atom. The first-order valence-corrected chi connectivity index (χ1v) is 24.3. The number of methoxy groups -OCH3 is 1. The van der Waals surface area contributed by atoms with Crippen LogP contribution in [0.3, 0.4) is 0 Å². The van der Waals surface area contributed by atoms with E-state index in [1.54, 1.807) is 58.4 Å². The van der Waals surface area contributed by atoms with Crippen molar-refractivity contribution in [2.24, 2.45) is 17.8 Å². The Labute approximate surface area is 403 Å². The summed E-state index contributed by atoms with van der Waals surface area (Å²) in [7, 11) is 5.21. The van der Waals surface area contributed by atoms with Crippen molar-refractivity contribution in [3.05, 3.63) is 64.1 Å². The van der Waals surface area contributed by atoms with Crippen molar-refractivity contribution in [3.8, 4) is 17.5 Å². The lowest BCUT2D eigenvalue weighted by atomic mass is 9.77. The van der Waals surface area contributed by atoms with Gasteiger partial charge in [0.2, 0.25) is 0 Å². The molecule has 68 heavy (non-hydrogen) atoms. The molecule has 1 aromatic carbocycles. The molecule has 0 spiro atoms. The second-order valence-electron chi connectivity index (χ2n) is 20.9. The summed E-state index contributed by atoms with van der Waals surface area (Å²) in [5.41, 5.74) is -2.20. The van der Waals surface area contributed by atoms with Gasteiger partial charge in [0.05, 0.1) is 48.1 Å². The van der Waals surface area contributed by atoms with Crippen LogP contribution in [0.1, 0.15) is 106 Å². The van der Waals surface area contributed by atoms with Crippen LogP contribution in [0.5, 0.6) is 0 Å². The third-order valence-corrected chi connectivity index (χ3v) is 14.9. The molecular formula is C52H81N3O13. The van der Waals surface area contributed by atoms with Crippen LogP contribution in [-0.2, 0) is 33.2 Å². The molecule has 3 aliphatic rings. The number of nitrogens with zero attached hydrogens (tertiary/aromatic N) is 3. The van der Waals surface area contributed by atoms with Crippen LogP contribution in [0, 0.1) is 36.5 Å². The molecule has 0 amide bonds. The largest absolute Gasteiger partial charge is 0.459 e. The van der Waals surface area contributed by atoms with E-state index in [9.17, 15) is 35.1 Å². The minimum absolute atomic E-state index is 0.0978. The van der Waals surface area contributed by atoms with Gasteiger partial charge in [-0.05, 0) is 124 Å². The highest BCUT2D eigenvalue weighted by molar-refractivity contribution is 5.73. The zero-order valence-corrected chi connectivity index (χ0v) is 42.8. The fourth-order valence-electron chi connectivity index (χ4n) is 10.5. The second-order valence-corrected chi connectivity index (χ2v) is 20.9. The van der Waals surface area contributed by atoms with E-state index in [0.717, 1.165) is 16.8 Å². The molecule has 3 aliphatic heterocycles. The molecule has 2 aromatic rings. The molecule has 5 rings (SSSR count). The predicted octanol–water partition coefficient (Wildman–Crippen LogP) is 3.78. The molecule has 4 heterocycles. The monoisotopic (exact) mass is 956 g/mol.